The van der Waals surface area contributed by atoms with E-state index in [1.165, 1.54) is 31.6 Å². The van der Waals surface area contributed by atoms with Crippen molar-refractivity contribution in [2.75, 3.05) is 21.3 Å². The van der Waals surface area contributed by atoms with E-state index in [2.05, 4.69) is 4.98 Å². The summed E-state index contributed by atoms with van der Waals surface area (Å²) < 4.78 is 43.7. The predicted molar refractivity (Wildman–Crippen MR) is 110 cm³/mol. The van der Waals surface area contributed by atoms with Crippen LogP contribution in [0.1, 0.15) is 17.0 Å². The van der Waals surface area contributed by atoms with Gasteiger partial charge in [0.2, 0.25) is 15.9 Å². The van der Waals surface area contributed by atoms with Crippen molar-refractivity contribution in [1.82, 2.24) is 9.29 Å². The maximum atomic E-state index is 13.2. The molecule has 3 rings (SSSR count). The zero-order valence-electron chi connectivity index (χ0n) is 17.1. The van der Waals surface area contributed by atoms with E-state index < -0.39 is 10.0 Å². The highest BCUT2D eigenvalue weighted by Gasteiger charge is 2.27. The van der Waals surface area contributed by atoms with Crippen molar-refractivity contribution in [1.29, 1.82) is 0 Å². The lowest BCUT2D eigenvalue weighted by atomic mass is 10.1. The fourth-order valence-corrected chi connectivity index (χ4v) is 4.25. The molecule has 0 bridgehead atoms. The molecule has 154 valence electrons. The fraction of sp³-hybridized carbons (Fsp3) is 0.286. The fourth-order valence-electron chi connectivity index (χ4n) is 2.95. The highest BCUT2D eigenvalue weighted by molar-refractivity contribution is 7.89. The number of sulfonamides is 1. The molecule has 1 aromatic heterocycles. The predicted octanol–water partition coefficient (Wildman–Crippen LogP) is 3.80. The summed E-state index contributed by atoms with van der Waals surface area (Å²) in [5.41, 5.74) is 2.46. The monoisotopic (exact) mass is 416 g/mol. The number of nitrogens with zero attached hydrogens (tertiary/aromatic N) is 2. The van der Waals surface area contributed by atoms with Crippen LogP contribution >= 0.6 is 0 Å². The third kappa shape index (κ3) is 4.13. The molecular weight excluding hydrogens is 392 g/mol. The standard InChI is InChI=1S/C21H24N2O5S/c1-14-8-6-7-9-17(14)21-22-18(15(2)28-21)13-23(3)29(24,25)20-12-16(26-4)10-11-19(20)27-5/h6-12H,13H2,1-5H3. The SMILES string of the molecule is COc1ccc(OC)c(S(=O)(=O)N(C)Cc2nc(-c3ccccc3C)oc2C)c1. The van der Waals surface area contributed by atoms with Crippen LogP contribution in [-0.4, -0.2) is 39.0 Å². The maximum Gasteiger partial charge on any atom is 0.247 e. The van der Waals surface area contributed by atoms with Gasteiger partial charge in [0.25, 0.3) is 0 Å². The second kappa shape index (κ2) is 8.26. The van der Waals surface area contributed by atoms with E-state index in [4.69, 9.17) is 13.9 Å². The summed E-state index contributed by atoms with van der Waals surface area (Å²) in [7, 11) is 0.557. The third-order valence-corrected chi connectivity index (χ3v) is 6.52. The molecule has 0 aliphatic carbocycles. The summed E-state index contributed by atoms with van der Waals surface area (Å²) >= 11 is 0. The van der Waals surface area contributed by atoms with Crippen LogP contribution in [0.15, 0.2) is 51.8 Å². The Labute approximate surface area is 170 Å². The number of hydrogen-bond acceptors (Lipinski definition) is 6. The van der Waals surface area contributed by atoms with Gasteiger partial charge in [0, 0.05) is 18.7 Å². The molecule has 0 amide bonds. The summed E-state index contributed by atoms with van der Waals surface area (Å²) in [6, 6.07) is 12.4. The van der Waals surface area contributed by atoms with Gasteiger partial charge in [0.05, 0.1) is 26.5 Å². The van der Waals surface area contributed by atoms with E-state index in [1.807, 2.05) is 31.2 Å². The summed E-state index contributed by atoms with van der Waals surface area (Å²) in [5, 5.41) is 0. The number of methoxy groups -OCH3 is 2. The van der Waals surface area contributed by atoms with E-state index in [0.717, 1.165) is 11.1 Å². The van der Waals surface area contributed by atoms with Gasteiger partial charge < -0.3 is 13.9 Å². The highest BCUT2D eigenvalue weighted by atomic mass is 32.2. The van der Waals surface area contributed by atoms with Crippen molar-refractivity contribution in [2.24, 2.45) is 0 Å². The van der Waals surface area contributed by atoms with Crippen LogP contribution in [0.5, 0.6) is 11.5 Å². The Balaban J connectivity index is 1.93. The average molecular weight is 416 g/mol. The van der Waals surface area contributed by atoms with Crippen molar-refractivity contribution in [3.63, 3.8) is 0 Å². The highest BCUT2D eigenvalue weighted by Crippen LogP contribution is 2.31. The Hall–Kier alpha value is -2.84. The number of oxazole rings is 1. The Bertz CT molecular complexity index is 1120. The molecule has 7 nitrogen and oxygen atoms in total. The topological polar surface area (TPSA) is 81.9 Å². The van der Waals surface area contributed by atoms with Crippen LogP contribution in [0.25, 0.3) is 11.5 Å². The number of ether oxygens (including phenoxy) is 2. The first-order chi connectivity index (χ1) is 13.8. The molecule has 8 heteroatoms. The number of benzene rings is 2. The van der Waals surface area contributed by atoms with Crippen LogP contribution in [0.4, 0.5) is 0 Å². The van der Waals surface area contributed by atoms with Crippen LogP contribution < -0.4 is 9.47 Å². The van der Waals surface area contributed by atoms with Gasteiger partial charge in [0.15, 0.2) is 0 Å². The zero-order valence-corrected chi connectivity index (χ0v) is 17.9. The van der Waals surface area contributed by atoms with Gasteiger partial charge in [-0.05, 0) is 37.6 Å². The molecule has 0 N–H and O–H groups in total. The molecule has 0 saturated heterocycles. The summed E-state index contributed by atoms with van der Waals surface area (Å²) in [4.78, 5) is 4.57. The van der Waals surface area contributed by atoms with Crippen LogP contribution in [0.2, 0.25) is 0 Å². The van der Waals surface area contributed by atoms with Gasteiger partial charge in [-0.1, -0.05) is 18.2 Å². The summed E-state index contributed by atoms with van der Waals surface area (Å²) in [6.07, 6.45) is 0. The minimum Gasteiger partial charge on any atom is -0.497 e. The van der Waals surface area contributed by atoms with E-state index in [-0.39, 0.29) is 17.2 Å². The van der Waals surface area contributed by atoms with Crippen LogP contribution in [0.3, 0.4) is 0 Å². The number of hydrogen-bond donors (Lipinski definition) is 0. The van der Waals surface area contributed by atoms with Gasteiger partial charge in [-0.15, -0.1) is 0 Å². The molecule has 1 heterocycles. The molecule has 0 saturated carbocycles. The van der Waals surface area contributed by atoms with Crippen molar-refractivity contribution < 1.29 is 22.3 Å². The second-order valence-electron chi connectivity index (χ2n) is 6.61. The van der Waals surface area contributed by atoms with Gasteiger partial charge in [-0.25, -0.2) is 13.4 Å². The molecule has 29 heavy (non-hydrogen) atoms. The normalized spacial score (nSPS) is 11.7. The van der Waals surface area contributed by atoms with Gasteiger partial charge in [-0.2, -0.15) is 4.31 Å². The average Bonchev–Trinajstić information content (AvgIpc) is 3.07. The van der Waals surface area contributed by atoms with E-state index in [9.17, 15) is 8.42 Å². The maximum absolute atomic E-state index is 13.2. The third-order valence-electron chi connectivity index (χ3n) is 4.70. The van der Waals surface area contributed by atoms with E-state index >= 15 is 0 Å². The molecule has 0 aliphatic heterocycles. The second-order valence-corrected chi connectivity index (χ2v) is 8.63. The van der Waals surface area contributed by atoms with Crippen molar-refractivity contribution >= 4 is 10.0 Å². The zero-order chi connectivity index (χ0) is 21.2. The molecule has 0 spiro atoms. The quantitative estimate of drug-likeness (QED) is 0.583. The first-order valence-electron chi connectivity index (χ1n) is 8.98. The Morgan fingerprint density at radius 1 is 1.07 bits per heavy atom. The minimum absolute atomic E-state index is 0.0297. The van der Waals surface area contributed by atoms with E-state index in [1.54, 1.807) is 19.1 Å². The van der Waals surface area contributed by atoms with Gasteiger partial charge in [-0.3, -0.25) is 0 Å². The van der Waals surface area contributed by atoms with Gasteiger partial charge >= 0.3 is 0 Å². The van der Waals surface area contributed by atoms with Crippen molar-refractivity contribution in [3.8, 4) is 23.0 Å². The molecule has 0 atom stereocenters. The first-order valence-corrected chi connectivity index (χ1v) is 10.4. The molecular formula is C21H24N2O5S. The number of aromatic nitrogens is 1. The van der Waals surface area contributed by atoms with Crippen LogP contribution in [0, 0.1) is 13.8 Å². The molecule has 0 fully saturated rings. The number of aryl methyl sites for hydroxylation is 2. The molecule has 3 aromatic rings. The summed E-state index contributed by atoms with van der Waals surface area (Å²) in [6.45, 7) is 3.81. The lowest BCUT2D eigenvalue weighted by Crippen LogP contribution is -2.27. The molecule has 0 aliphatic rings. The molecule has 0 radical (unpaired) electrons. The van der Waals surface area contributed by atoms with E-state index in [0.29, 0.717) is 23.1 Å². The van der Waals surface area contributed by atoms with Crippen molar-refractivity contribution in [2.45, 2.75) is 25.3 Å². The lowest BCUT2D eigenvalue weighted by molar-refractivity contribution is 0.387. The molecule has 2 aromatic carbocycles. The molecule has 0 unspecified atom stereocenters. The minimum atomic E-state index is -3.85. The Morgan fingerprint density at radius 2 is 1.79 bits per heavy atom. The number of rotatable bonds is 7. The lowest BCUT2D eigenvalue weighted by Gasteiger charge is -2.18. The van der Waals surface area contributed by atoms with Gasteiger partial charge in [0.1, 0.15) is 22.2 Å². The Kier molecular flexibility index (Phi) is 5.95. The largest absolute Gasteiger partial charge is 0.497 e. The summed E-state index contributed by atoms with van der Waals surface area (Å²) in [5.74, 6) is 1.72. The first kappa shape index (κ1) is 20.9. The smallest absolute Gasteiger partial charge is 0.247 e. The Morgan fingerprint density at radius 3 is 2.45 bits per heavy atom. The van der Waals surface area contributed by atoms with Crippen LogP contribution in [-0.2, 0) is 16.6 Å². The van der Waals surface area contributed by atoms with Crippen molar-refractivity contribution in [3.05, 3.63) is 59.5 Å².